The van der Waals surface area contributed by atoms with Crippen LogP contribution in [-0.2, 0) is 9.47 Å². The van der Waals surface area contributed by atoms with Crippen LogP contribution >= 0.6 is 0 Å². The van der Waals surface area contributed by atoms with Gasteiger partial charge < -0.3 is 9.47 Å². The van der Waals surface area contributed by atoms with Crippen LogP contribution in [0, 0.1) is 22.7 Å². The summed E-state index contributed by atoms with van der Waals surface area (Å²) < 4.78 is 11.3. The van der Waals surface area contributed by atoms with Gasteiger partial charge in [-0.25, -0.2) is 4.79 Å². The molecule has 3 heteroatoms. The molecule has 2 aliphatic carbocycles. The molecular formula is C19H34O3. The third kappa shape index (κ3) is 5.17. The van der Waals surface area contributed by atoms with Crippen molar-refractivity contribution in [3.8, 4) is 0 Å². The summed E-state index contributed by atoms with van der Waals surface area (Å²) >= 11 is 0. The van der Waals surface area contributed by atoms with Crippen LogP contribution in [0.15, 0.2) is 0 Å². The third-order valence-corrected chi connectivity index (χ3v) is 5.22. The van der Waals surface area contributed by atoms with Gasteiger partial charge in [-0.2, -0.15) is 0 Å². The topological polar surface area (TPSA) is 35.5 Å². The molecule has 2 saturated carbocycles. The first-order valence-electron chi connectivity index (χ1n) is 8.92. The number of hydrogen-bond donors (Lipinski definition) is 0. The lowest BCUT2D eigenvalue weighted by molar-refractivity contribution is -0.0548. The predicted octanol–water partition coefficient (Wildman–Crippen LogP) is 5.57. The predicted molar refractivity (Wildman–Crippen MR) is 88.7 cm³/mol. The number of hydrogen-bond acceptors (Lipinski definition) is 3. The van der Waals surface area contributed by atoms with E-state index in [-0.39, 0.29) is 23.0 Å². The van der Waals surface area contributed by atoms with Crippen LogP contribution in [0.5, 0.6) is 0 Å². The largest absolute Gasteiger partial charge is 0.508 e. The molecule has 4 unspecified atom stereocenters. The van der Waals surface area contributed by atoms with Gasteiger partial charge in [0.2, 0.25) is 0 Å². The van der Waals surface area contributed by atoms with Crippen molar-refractivity contribution >= 4 is 6.16 Å². The van der Waals surface area contributed by atoms with Crippen LogP contribution < -0.4 is 0 Å². The van der Waals surface area contributed by atoms with Crippen molar-refractivity contribution < 1.29 is 14.3 Å². The fourth-order valence-corrected chi connectivity index (χ4v) is 5.00. The van der Waals surface area contributed by atoms with E-state index in [1.807, 2.05) is 0 Å². The highest BCUT2D eigenvalue weighted by Gasteiger charge is 2.37. The summed E-state index contributed by atoms with van der Waals surface area (Å²) in [6.07, 6.45) is 5.80. The Kier molecular flexibility index (Phi) is 5.13. The molecule has 0 bridgehead atoms. The van der Waals surface area contributed by atoms with Gasteiger partial charge in [-0.3, -0.25) is 0 Å². The summed E-state index contributed by atoms with van der Waals surface area (Å²) in [6, 6.07) is 0. The highest BCUT2D eigenvalue weighted by Crippen LogP contribution is 2.41. The summed E-state index contributed by atoms with van der Waals surface area (Å²) in [5.74, 6) is 1.21. The standard InChI is InChI=1S/C19H34O3/c1-13-7-15(11-18(3,4)9-13)21-17(20)22-16-8-14(2)10-19(5,6)12-16/h13-16H,7-12H2,1-6H3. The zero-order chi connectivity index (χ0) is 16.5. The number of carbonyl (C=O) groups excluding carboxylic acids is 1. The SMILES string of the molecule is CC1CC(OC(=O)OC2CC(C)CC(C)(C)C2)CC(C)(C)C1. The lowest BCUT2D eigenvalue weighted by Gasteiger charge is -2.40. The van der Waals surface area contributed by atoms with E-state index in [0.29, 0.717) is 11.8 Å². The Morgan fingerprint density at radius 2 is 1.14 bits per heavy atom. The van der Waals surface area contributed by atoms with Gasteiger partial charge in [-0.1, -0.05) is 41.5 Å². The molecule has 0 heterocycles. The van der Waals surface area contributed by atoms with Gasteiger partial charge >= 0.3 is 6.16 Å². The molecule has 0 aromatic heterocycles. The second-order valence-corrected chi connectivity index (χ2v) is 9.56. The molecule has 2 aliphatic rings. The molecule has 2 fully saturated rings. The molecule has 3 nitrogen and oxygen atoms in total. The van der Waals surface area contributed by atoms with E-state index in [2.05, 4.69) is 41.5 Å². The van der Waals surface area contributed by atoms with Crippen LogP contribution in [0.1, 0.15) is 80.1 Å². The highest BCUT2D eigenvalue weighted by atomic mass is 16.7. The van der Waals surface area contributed by atoms with Crippen molar-refractivity contribution in [1.82, 2.24) is 0 Å². The van der Waals surface area contributed by atoms with E-state index >= 15 is 0 Å². The van der Waals surface area contributed by atoms with Crippen LogP contribution in [0.2, 0.25) is 0 Å². The molecule has 128 valence electrons. The lowest BCUT2D eigenvalue weighted by Crippen LogP contribution is -2.37. The molecule has 22 heavy (non-hydrogen) atoms. The molecule has 0 aromatic rings. The summed E-state index contributed by atoms with van der Waals surface area (Å²) in [6.45, 7) is 13.5. The van der Waals surface area contributed by atoms with Gasteiger partial charge in [-0.15, -0.1) is 0 Å². The second kappa shape index (κ2) is 6.41. The Hall–Kier alpha value is -0.730. The van der Waals surface area contributed by atoms with Gasteiger partial charge in [0.15, 0.2) is 0 Å². The Balaban J connectivity index is 1.85. The first kappa shape index (κ1) is 17.6. The maximum Gasteiger partial charge on any atom is 0.508 e. The van der Waals surface area contributed by atoms with E-state index in [4.69, 9.17) is 9.47 Å². The average molecular weight is 310 g/mol. The minimum atomic E-state index is -0.454. The van der Waals surface area contributed by atoms with Crippen molar-refractivity contribution in [3.05, 3.63) is 0 Å². The molecule has 0 aliphatic heterocycles. The van der Waals surface area contributed by atoms with Gasteiger partial charge in [0, 0.05) is 0 Å². The third-order valence-electron chi connectivity index (χ3n) is 5.22. The Labute approximate surface area is 136 Å². The molecule has 0 aromatic carbocycles. The van der Waals surface area contributed by atoms with E-state index in [0.717, 1.165) is 25.7 Å². The van der Waals surface area contributed by atoms with Gasteiger partial charge in [0.1, 0.15) is 12.2 Å². The molecule has 2 rings (SSSR count). The van der Waals surface area contributed by atoms with Crippen molar-refractivity contribution in [2.75, 3.05) is 0 Å². The van der Waals surface area contributed by atoms with E-state index in [9.17, 15) is 4.79 Å². The molecule has 0 spiro atoms. The zero-order valence-corrected chi connectivity index (χ0v) is 15.3. The smallest absolute Gasteiger partial charge is 0.431 e. The molecule has 0 N–H and O–H groups in total. The minimum absolute atomic E-state index is 0.0141. The Morgan fingerprint density at radius 3 is 1.45 bits per heavy atom. The van der Waals surface area contributed by atoms with Gasteiger partial charge in [-0.05, 0) is 61.2 Å². The van der Waals surface area contributed by atoms with E-state index in [1.54, 1.807) is 0 Å². The van der Waals surface area contributed by atoms with Gasteiger partial charge in [0.25, 0.3) is 0 Å². The minimum Gasteiger partial charge on any atom is -0.431 e. The quantitative estimate of drug-likeness (QED) is 0.625. The van der Waals surface area contributed by atoms with Crippen LogP contribution in [0.4, 0.5) is 4.79 Å². The van der Waals surface area contributed by atoms with E-state index in [1.165, 1.54) is 12.8 Å². The summed E-state index contributed by atoms with van der Waals surface area (Å²) in [7, 11) is 0. The number of carbonyl (C=O) groups is 1. The Bertz CT molecular complexity index is 363. The maximum absolute atomic E-state index is 12.2. The molecule has 0 saturated heterocycles. The van der Waals surface area contributed by atoms with Crippen molar-refractivity contribution in [2.45, 2.75) is 92.3 Å². The molecule has 4 atom stereocenters. The summed E-state index contributed by atoms with van der Waals surface area (Å²) in [5.41, 5.74) is 0.508. The summed E-state index contributed by atoms with van der Waals surface area (Å²) in [4.78, 5) is 12.2. The van der Waals surface area contributed by atoms with Crippen LogP contribution in [0.3, 0.4) is 0 Å². The summed E-state index contributed by atoms with van der Waals surface area (Å²) in [5, 5.41) is 0. The van der Waals surface area contributed by atoms with Crippen molar-refractivity contribution in [1.29, 1.82) is 0 Å². The first-order chi connectivity index (χ1) is 10.0. The van der Waals surface area contributed by atoms with Gasteiger partial charge in [0.05, 0.1) is 0 Å². The lowest BCUT2D eigenvalue weighted by atomic mass is 9.71. The molecular weight excluding hydrogens is 276 g/mol. The van der Waals surface area contributed by atoms with Crippen LogP contribution in [-0.4, -0.2) is 18.4 Å². The van der Waals surface area contributed by atoms with Crippen molar-refractivity contribution in [2.24, 2.45) is 22.7 Å². The fourth-order valence-electron chi connectivity index (χ4n) is 5.00. The maximum atomic E-state index is 12.2. The second-order valence-electron chi connectivity index (χ2n) is 9.56. The Morgan fingerprint density at radius 1 is 0.773 bits per heavy atom. The molecule has 0 amide bonds. The zero-order valence-electron chi connectivity index (χ0n) is 15.3. The molecule has 0 radical (unpaired) electrons. The van der Waals surface area contributed by atoms with E-state index < -0.39 is 6.16 Å². The van der Waals surface area contributed by atoms with Crippen molar-refractivity contribution in [3.63, 3.8) is 0 Å². The number of ether oxygens (including phenoxy) is 2. The highest BCUT2D eigenvalue weighted by molar-refractivity contribution is 5.60. The number of rotatable bonds is 2. The fraction of sp³-hybridized carbons (Fsp3) is 0.947. The van der Waals surface area contributed by atoms with Crippen LogP contribution in [0.25, 0.3) is 0 Å². The monoisotopic (exact) mass is 310 g/mol. The average Bonchev–Trinajstić information content (AvgIpc) is 2.21. The normalized spacial score (nSPS) is 37.4. The first-order valence-corrected chi connectivity index (χ1v) is 8.92.